The van der Waals surface area contributed by atoms with Gasteiger partial charge in [0.2, 0.25) is 0 Å². The molecule has 0 amide bonds. The molecule has 2 nitrogen and oxygen atoms in total. The lowest BCUT2D eigenvalue weighted by atomic mass is 9.79. The predicted octanol–water partition coefficient (Wildman–Crippen LogP) is 3.87. The number of hydrogen-bond acceptors (Lipinski definition) is 3. The Morgan fingerprint density at radius 3 is 2.67 bits per heavy atom. The highest BCUT2D eigenvalue weighted by atomic mass is 35.5. The van der Waals surface area contributed by atoms with Crippen molar-refractivity contribution in [1.29, 1.82) is 5.26 Å². The van der Waals surface area contributed by atoms with Crippen LogP contribution in [-0.2, 0) is 5.41 Å². The third-order valence-electron chi connectivity index (χ3n) is 3.18. The lowest BCUT2D eigenvalue weighted by molar-refractivity contribution is 0.341. The van der Waals surface area contributed by atoms with Gasteiger partial charge in [0.1, 0.15) is 0 Å². The molecular weight excluding hydrogens is 264 g/mol. The van der Waals surface area contributed by atoms with Crippen molar-refractivity contribution in [2.45, 2.75) is 31.1 Å². The molecule has 0 spiro atoms. The zero-order valence-corrected chi connectivity index (χ0v) is 12.7. The molecule has 1 aromatic heterocycles. The maximum Gasteiger partial charge on any atom is 0.0926 e. The van der Waals surface area contributed by atoms with Gasteiger partial charge in [-0.15, -0.1) is 22.9 Å². The van der Waals surface area contributed by atoms with Crippen molar-refractivity contribution in [3.8, 4) is 6.07 Å². The van der Waals surface area contributed by atoms with Crippen LogP contribution >= 0.6 is 22.9 Å². The highest BCUT2D eigenvalue weighted by molar-refractivity contribution is 7.10. The first-order valence-electron chi connectivity index (χ1n) is 6.30. The summed E-state index contributed by atoms with van der Waals surface area (Å²) in [7, 11) is 4.10. The van der Waals surface area contributed by atoms with Gasteiger partial charge in [-0.05, 0) is 51.3 Å². The van der Waals surface area contributed by atoms with Crippen LogP contribution in [0, 0.1) is 11.3 Å². The monoisotopic (exact) mass is 284 g/mol. The van der Waals surface area contributed by atoms with Gasteiger partial charge in [0, 0.05) is 10.8 Å². The summed E-state index contributed by atoms with van der Waals surface area (Å²) in [4.78, 5) is 3.34. The van der Waals surface area contributed by atoms with Crippen LogP contribution in [0.1, 0.15) is 30.6 Å². The third-order valence-corrected chi connectivity index (χ3v) is 4.52. The average molecular weight is 285 g/mol. The van der Waals surface area contributed by atoms with E-state index in [2.05, 4.69) is 36.5 Å². The van der Waals surface area contributed by atoms with E-state index in [1.165, 1.54) is 4.88 Å². The van der Waals surface area contributed by atoms with Crippen LogP contribution in [-0.4, -0.2) is 31.4 Å². The van der Waals surface area contributed by atoms with Crippen molar-refractivity contribution in [2.75, 3.05) is 26.5 Å². The van der Waals surface area contributed by atoms with E-state index in [9.17, 15) is 5.26 Å². The Morgan fingerprint density at radius 2 is 2.17 bits per heavy atom. The molecule has 1 heterocycles. The highest BCUT2D eigenvalue weighted by Crippen LogP contribution is 2.36. The summed E-state index contributed by atoms with van der Waals surface area (Å²) < 4.78 is 0. The molecule has 100 valence electrons. The number of nitrogens with zero attached hydrogens (tertiary/aromatic N) is 2. The minimum absolute atomic E-state index is 0.329. The quantitative estimate of drug-likeness (QED) is 0.535. The highest BCUT2D eigenvalue weighted by Gasteiger charge is 2.32. The van der Waals surface area contributed by atoms with Crippen LogP contribution in [0.3, 0.4) is 0 Å². The zero-order chi connectivity index (χ0) is 13.4. The predicted molar refractivity (Wildman–Crippen MR) is 79.4 cm³/mol. The maximum absolute atomic E-state index is 9.67. The summed E-state index contributed by atoms with van der Waals surface area (Å²) in [5, 5.41) is 11.7. The van der Waals surface area contributed by atoms with Gasteiger partial charge in [-0.2, -0.15) is 5.26 Å². The molecule has 0 aliphatic heterocycles. The van der Waals surface area contributed by atoms with Gasteiger partial charge in [-0.25, -0.2) is 0 Å². The van der Waals surface area contributed by atoms with Gasteiger partial charge in [0.15, 0.2) is 0 Å². The molecule has 0 bridgehead atoms. The number of unbranched alkanes of at least 4 members (excludes halogenated alkanes) is 1. The molecule has 1 aromatic rings. The maximum atomic E-state index is 9.67. The summed E-state index contributed by atoms with van der Waals surface area (Å²) in [6.45, 7) is 0.937. The van der Waals surface area contributed by atoms with E-state index in [-0.39, 0.29) is 5.41 Å². The number of alkyl halides is 1. The van der Waals surface area contributed by atoms with E-state index >= 15 is 0 Å². The first-order chi connectivity index (χ1) is 8.64. The number of hydrogen-bond donors (Lipinski definition) is 0. The van der Waals surface area contributed by atoms with Gasteiger partial charge < -0.3 is 4.90 Å². The minimum atomic E-state index is -0.329. The SMILES string of the molecule is CN(C)CCC(C#N)(CCCCCl)c1cccs1. The molecule has 1 atom stereocenters. The zero-order valence-electron chi connectivity index (χ0n) is 11.2. The van der Waals surface area contributed by atoms with E-state index in [4.69, 9.17) is 11.6 Å². The van der Waals surface area contributed by atoms with Crippen LogP contribution in [0.5, 0.6) is 0 Å². The van der Waals surface area contributed by atoms with Gasteiger partial charge in [0.25, 0.3) is 0 Å². The first kappa shape index (κ1) is 15.5. The van der Waals surface area contributed by atoms with E-state index in [1.54, 1.807) is 11.3 Å². The lowest BCUT2D eigenvalue weighted by Crippen LogP contribution is -2.28. The molecule has 0 aromatic carbocycles. The summed E-state index contributed by atoms with van der Waals surface area (Å²) in [6, 6.07) is 6.69. The molecule has 4 heteroatoms. The van der Waals surface area contributed by atoms with Crippen molar-refractivity contribution in [3.63, 3.8) is 0 Å². The molecule has 0 saturated heterocycles. The molecule has 0 radical (unpaired) electrons. The molecule has 0 fully saturated rings. The van der Waals surface area contributed by atoms with Gasteiger partial charge in [-0.1, -0.05) is 12.5 Å². The Morgan fingerprint density at radius 1 is 1.39 bits per heavy atom. The van der Waals surface area contributed by atoms with Gasteiger partial charge >= 0.3 is 0 Å². The van der Waals surface area contributed by atoms with E-state index in [0.717, 1.165) is 32.2 Å². The average Bonchev–Trinajstić information content (AvgIpc) is 2.88. The van der Waals surface area contributed by atoms with Crippen molar-refractivity contribution in [2.24, 2.45) is 0 Å². The fourth-order valence-electron chi connectivity index (χ4n) is 2.02. The summed E-state index contributed by atoms with van der Waals surface area (Å²) >= 11 is 7.43. The standard InChI is InChI=1S/C14H21ClN2S/c1-17(2)10-8-14(12-16,7-3-4-9-15)13-6-5-11-18-13/h5-6,11H,3-4,7-10H2,1-2H3. The molecule has 18 heavy (non-hydrogen) atoms. The fraction of sp³-hybridized carbons (Fsp3) is 0.643. The Labute approximate surface area is 119 Å². The normalized spacial score (nSPS) is 14.4. The van der Waals surface area contributed by atoms with Gasteiger partial charge in [0.05, 0.1) is 11.5 Å². The van der Waals surface area contributed by atoms with Crippen LogP contribution in [0.2, 0.25) is 0 Å². The van der Waals surface area contributed by atoms with E-state index in [0.29, 0.717) is 5.88 Å². The molecule has 0 aliphatic carbocycles. The van der Waals surface area contributed by atoms with Crippen LogP contribution in [0.25, 0.3) is 0 Å². The van der Waals surface area contributed by atoms with Crippen LogP contribution in [0.15, 0.2) is 17.5 Å². The first-order valence-corrected chi connectivity index (χ1v) is 7.72. The topological polar surface area (TPSA) is 27.0 Å². The van der Waals surface area contributed by atoms with Crippen LogP contribution < -0.4 is 0 Å². The summed E-state index contributed by atoms with van der Waals surface area (Å²) in [5.74, 6) is 0.680. The number of halogens is 1. The molecule has 1 unspecified atom stereocenters. The van der Waals surface area contributed by atoms with Crippen LogP contribution in [0.4, 0.5) is 0 Å². The Kier molecular flexibility index (Phi) is 6.70. The van der Waals surface area contributed by atoms with E-state index < -0.39 is 0 Å². The smallest absolute Gasteiger partial charge is 0.0926 e. The second kappa shape index (κ2) is 7.78. The van der Waals surface area contributed by atoms with E-state index in [1.807, 2.05) is 6.07 Å². The van der Waals surface area contributed by atoms with Crippen molar-refractivity contribution < 1.29 is 0 Å². The fourth-order valence-corrected chi connectivity index (χ4v) is 3.15. The summed E-state index contributed by atoms with van der Waals surface area (Å²) in [6.07, 6.45) is 3.80. The second-order valence-corrected chi connectivity index (χ2v) is 6.20. The molecule has 0 saturated carbocycles. The molecule has 1 rings (SSSR count). The summed E-state index contributed by atoms with van der Waals surface area (Å²) in [5.41, 5.74) is -0.329. The van der Waals surface area contributed by atoms with Gasteiger partial charge in [-0.3, -0.25) is 0 Å². The Bertz CT molecular complexity index is 370. The Hall–Kier alpha value is -0.560. The molecular formula is C14H21ClN2S. The third kappa shape index (κ3) is 4.28. The lowest BCUT2D eigenvalue weighted by Gasteiger charge is -2.27. The Balaban J connectivity index is 2.80. The van der Waals surface area contributed by atoms with Crippen molar-refractivity contribution in [1.82, 2.24) is 4.90 Å². The molecule has 0 aliphatic rings. The largest absolute Gasteiger partial charge is 0.309 e. The number of thiophene rings is 1. The van der Waals surface area contributed by atoms with Crippen molar-refractivity contribution >= 4 is 22.9 Å². The second-order valence-electron chi connectivity index (χ2n) is 4.87. The number of rotatable bonds is 8. The number of nitriles is 1. The minimum Gasteiger partial charge on any atom is -0.309 e. The van der Waals surface area contributed by atoms with Crippen molar-refractivity contribution in [3.05, 3.63) is 22.4 Å². The molecule has 0 N–H and O–H groups in total.